The fourth-order valence-corrected chi connectivity index (χ4v) is 1.64. The van der Waals surface area contributed by atoms with Crippen molar-refractivity contribution >= 4 is 5.91 Å². The number of hydrogen-bond acceptors (Lipinski definition) is 3. The van der Waals surface area contributed by atoms with Crippen molar-refractivity contribution in [2.45, 2.75) is 20.3 Å². The monoisotopic (exact) mass is 251 g/mol. The lowest BCUT2D eigenvalue weighted by Gasteiger charge is -2.11. The summed E-state index contributed by atoms with van der Waals surface area (Å²) in [5, 5.41) is 2.69. The fourth-order valence-electron chi connectivity index (χ4n) is 1.64. The second-order valence-electron chi connectivity index (χ2n) is 4.17. The molecule has 0 aliphatic carbocycles. The molecule has 4 nitrogen and oxygen atoms in total. The van der Waals surface area contributed by atoms with Crippen molar-refractivity contribution in [3.05, 3.63) is 29.3 Å². The predicted octanol–water partition coefficient (Wildman–Crippen LogP) is 1.70. The average molecular weight is 251 g/mol. The van der Waals surface area contributed by atoms with Gasteiger partial charge < -0.3 is 14.8 Å². The van der Waals surface area contributed by atoms with Crippen LogP contribution in [-0.4, -0.2) is 32.8 Å². The fraction of sp³-hybridized carbons (Fsp3) is 0.500. The van der Waals surface area contributed by atoms with E-state index in [1.165, 1.54) is 12.5 Å². The molecule has 4 heteroatoms. The highest BCUT2D eigenvalue weighted by Crippen LogP contribution is 2.19. The molecule has 0 heterocycles. The van der Waals surface area contributed by atoms with Gasteiger partial charge in [-0.2, -0.15) is 0 Å². The second-order valence-corrected chi connectivity index (χ2v) is 4.17. The second kappa shape index (κ2) is 7.71. The van der Waals surface area contributed by atoms with Crippen LogP contribution in [0.3, 0.4) is 0 Å². The molecule has 0 saturated carbocycles. The SMILES string of the molecule is COCCc1ccc(OCCNC(C)=O)c(C)c1. The van der Waals surface area contributed by atoms with Gasteiger partial charge in [-0.15, -0.1) is 0 Å². The molecule has 0 fully saturated rings. The number of carbonyl (C=O) groups excluding carboxylic acids is 1. The zero-order chi connectivity index (χ0) is 13.4. The van der Waals surface area contributed by atoms with E-state index in [1.54, 1.807) is 7.11 Å². The summed E-state index contributed by atoms with van der Waals surface area (Å²) in [6.07, 6.45) is 0.906. The van der Waals surface area contributed by atoms with Crippen LogP contribution in [0.2, 0.25) is 0 Å². The van der Waals surface area contributed by atoms with E-state index in [9.17, 15) is 4.79 Å². The lowest BCUT2D eigenvalue weighted by atomic mass is 10.1. The molecule has 0 atom stereocenters. The molecule has 1 amide bonds. The van der Waals surface area contributed by atoms with Crippen LogP contribution in [0.5, 0.6) is 5.75 Å². The summed E-state index contributed by atoms with van der Waals surface area (Å²) in [7, 11) is 1.70. The van der Waals surface area contributed by atoms with Gasteiger partial charge in [-0.1, -0.05) is 12.1 Å². The number of carbonyl (C=O) groups is 1. The molecule has 1 aromatic rings. The Bertz CT molecular complexity index is 391. The Hall–Kier alpha value is -1.55. The Morgan fingerprint density at radius 3 is 2.72 bits per heavy atom. The maximum Gasteiger partial charge on any atom is 0.216 e. The third kappa shape index (κ3) is 5.19. The summed E-state index contributed by atoms with van der Waals surface area (Å²) in [5.74, 6) is 0.826. The molecule has 0 spiro atoms. The van der Waals surface area contributed by atoms with Crippen LogP contribution in [0.4, 0.5) is 0 Å². The Morgan fingerprint density at radius 2 is 2.11 bits per heavy atom. The first-order valence-electron chi connectivity index (χ1n) is 6.09. The third-order valence-corrected chi connectivity index (χ3v) is 2.57. The van der Waals surface area contributed by atoms with Gasteiger partial charge in [0.2, 0.25) is 5.91 Å². The topological polar surface area (TPSA) is 47.6 Å². The number of methoxy groups -OCH3 is 1. The van der Waals surface area contributed by atoms with Gasteiger partial charge in [0, 0.05) is 14.0 Å². The maximum atomic E-state index is 10.7. The molecular formula is C14H21NO3. The summed E-state index contributed by atoms with van der Waals surface area (Å²) < 4.78 is 10.6. The molecule has 0 bridgehead atoms. The molecule has 0 aliphatic rings. The Morgan fingerprint density at radius 1 is 1.33 bits per heavy atom. The molecule has 0 radical (unpaired) electrons. The molecule has 0 aliphatic heterocycles. The van der Waals surface area contributed by atoms with Gasteiger partial charge in [-0.25, -0.2) is 0 Å². The van der Waals surface area contributed by atoms with Crippen molar-refractivity contribution in [2.24, 2.45) is 0 Å². The highest BCUT2D eigenvalue weighted by atomic mass is 16.5. The average Bonchev–Trinajstić information content (AvgIpc) is 2.33. The first-order chi connectivity index (χ1) is 8.63. The van der Waals surface area contributed by atoms with E-state index in [-0.39, 0.29) is 5.91 Å². The minimum absolute atomic E-state index is 0.0368. The van der Waals surface area contributed by atoms with Gasteiger partial charge in [-0.05, 0) is 30.5 Å². The van der Waals surface area contributed by atoms with Crippen molar-refractivity contribution in [3.8, 4) is 5.75 Å². The Kier molecular flexibility index (Phi) is 6.22. The lowest BCUT2D eigenvalue weighted by molar-refractivity contribution is -0.119. The van der Waals surface area contributed by atoms with Gasteiger partial charge in [0.25, 0.3) is 0 Å². The number of hydrogen-bond donors (Lipinski definition) is 1. The van der Waals surface area contributed by atoms with E-state index < -0.39 is 0 Å². The van der Waals surface area contributed by atoms with Crippen LogP contribution in [0.15, 0.2) is 18.2 Å². The summed E-state index contributed by atoms with van der Waals surface area (Å²) in [4.78, 5) is 10.7. The molecule has 1 rings (SSSR count). The molecule has 0 aromatic heterocycles. The highest BCUT2D eigenvalue weighted by Gasteiger charge is 2.01. The first-order valence-corrected chi connectivity index (χ1v) is 6.09. The maximum absolute atomic E-state index is 10.7. The smallest absolute Gasteiger partial charge is 0.216 e. The quantitative estimate of drug-likeness (QED) is 0.750. The highest BCUT2D eigenvalue weighted by molar-refractivity contribution is 5.72. The van der Waals surface area contributed by atoms with Gasteiger partial charge in [0.1, 0.15) is 12.4 Å². The largest absolute Gasteiger partial charge is 0.491 e. The van der Waals surface area contributed by atoms with Crippen LogP contribution in [0, 0.1) is 6.92 Å². The normalized spacial score (nSPS) is 10.2. The number of rotatable bonds is 7. The van der Waals surface area contributed by atoms with Gasteiger partial charge in [0.05, 0.1) is 13.2 Å². The van der Waals surface area contributed by atoms with Gasteiger partial charge in [-0.3, -0.25) is 4.79 Å². The molecule has 0 unspecified atom stereocenters. The standard InChI is InChI=1S/C14H21NO3/c1-11-10-13(6-8-17-3)4-5-14(11)18-9-7-15-12(2)16/h4-5,10H,6-9H2,1-3H3,(H,15,16). The summed E-state index contributed by atoms with van der Waals surface area (Å²) in [6, 6.07) is 6.11. The number of nitrogens with one attached hydrogen (secondary N) is 1. The predicted molar refractivity (Wildman–Crippen MR) is 70.9 cm³/mol. The van der Waals surface area contributed by atoms with Crippen molar-refractivity contribution in [1.82, 2.24) is 5.32 Å². The van der Waals surface area contributed by atoms with Crippen molar-refractivity contribution in [2.75, 3.05) is 26.9 Å². The van der Waals surface area contributed by atoms with E-state index in [0.717, 1.165) is 24.3 Å². The van der Waals surface area contributed by atoms with Crippen molar-refractivity contribution in [3.63, 3.8) is 0 Å². The van der Waals surface area contributed by atoms with Crippen LogP contribution in [0.1, 0.15) is 18.1 Å². The summed E-state index contributed by atoms with van der Waals surface area (Å²) >= 11 is 0. The number of aryl methyl sites for hydroxylation is 1. The molecule has 1 N–H and O–H groups in total. The number of benzene rings is 1. The summed E-state index contributed by atoms with van der Waals surface area (Å²) in [5.41, 5.74) is 2.34. The van der Waals surface area contributed by atoms with E-state index in [1.807, 2.05) is 19.1 Å². The van der Waals surface area contributed by atoms with Crippen molar-refractivity contribution in [1.29, 1.82) is 0 Å². The van der Waals surface area contributed by atoms with Gasteiger partial charge in [0.15, 0.2) is 0 Å². The van der Waals surface area contributed by atoms with E-state index in [2.05, 4.69) is 11.4 Å². The lowest BCUT2D eigenvalue weighted by Crippen LogP contribution is -2.25. The van der Waals surface area contributed by atoms with E-state index in [4.69, 9.17) is 9.47 Å². The Labute approximate surface area is 108 Å². The molecule has 100 valence electrons. The van der Waals surface area contributed by atoms with Crippen LogP contribution < -0.4 is 10.1 Å². The minimum atomic E-state index is -0.0368. The molecule has 18 heavy (non-hydrogen) atoms. The number of ether oxygens (including phenoxy) is 2. The summed E-state index contributed by atoms with van der Waals surface area (Å²) in [6.45, 7) is 5.25. The third-order valence-electron chi connectivity index (χ3n) is 2.57. The molecule has 1 aromatic carbocycles. The number of amides is 1. The van der Waals surface area contributed by atoms with Crippen LogP contribution in [0.25, 0.3) is 0 Å². The zero-order valence-corrected chi connectivity index (χ0v) is 11.3. The molecule has 0 saturated heterocycles. The van der Waals surface area contributed by atoms with E-state index in [0.29, 0.717) is 13.2 Å². The first kappa shape index (κ1) is 14.5. The van der Waals surface area contributed by atoms with E-state index >= 15 is 0 Å². The molecular weight excluding hydrogens is 230 g/mol. The zero-order valence-electron chi connectivity index (χ0n) is 11.3. The Balaban J connectivity index is 2.44. The minimum Gasteiger partial charge on any atom is -0.491 e. The van der Waals surface area contributed by atoms with Crippen LogP contribution in [-0.2, 0) is 16.0 Å². The van der Waals surface area contributed by atoms with Gasteiger partial charge >= 0.3 is 0 Å². The van der Waals surface area contributed by atoms with Crippen molar-refractivity contribution < 1.29 is 14.3 Å². The van der Waals surface area contributed by atoms with Crippen LogP contribution >= 0.6 is 0 Å².